The van der Waals surface area contributed by atoms with Gasteiger partial charge in [0, 0.05) is 20.0 Å². The Hall–Kier alpha value is -1.31. The average Bonchev–Trinajstić information content (AvgIpc) is 2.47. The molecule has 0 spiro atoms. The fourth-order valence-corrected chi connectivity index (χ4v) is 3.59. The zero-order valence-electron chi connectivity index (χ0n) is 13.1. The predicted octanol–water partition coefficient (Wildman–Crippen LogP) is 3.90. The van der Waals surface area contributed by atoms with Crippen LogP contribution < -0.4 is 0 Å². The predicted molar refractivity (Wildman–Crippen MR) is 83.5 cm³/mol. The van der Waals surface area contributed by atoms with Crippen LogP contribution in [0.15, 0.2) is 30.3 Å². The van der Waals surface area contributed by atoms with Crippen LogP contribution in [0.25, 0.3) is 0 Å². The largest absolute Gasteiger partial charge is 0.342 e. The topological polar surface area (TPSA) is 20.3 Å². The van der Waals surface area contributed by atoms with Crippen molar-refractivity contribution in [2.24, 2.45) is 11.3 Å². The third-order valence-corrected chi connectivity index (χ3v) is 5.11. The zero-order chi connectivity index (χ0) is 14.6. The summed E-state index contributed by atoms with van der Waals surface area (Å²) in [6.45, 7) is 8.18. The molecule has 1 amide bonds. The van der Waals surface area contributed by atoms with Crippen molar-refractivity contribution < 1.29 is 4.79 Å². The second-order valence-corrected chi connectivity index (χ2v) is 6.38. The minimum Gasteiger partial charge on any atom is -0.342 e. The minimum atomic E-state index is 0.227. The second kappa shape index (κ2) is 6.43. The van der Waals surface area contributed by atoms with Gasteiger partial charge in [-0.25, -0.2) is 0 Å². The zero-order valence-corrected chi connectivity index (χ0v) is 13.1. The van der Waals surface area contributed by atoms with E-state index in [1.54, 1.807) is 6.92 Å². The van der Waals surface area contributed by atoms with Crippen molar-refractivity contribution in [1.82, 2.24) is 4.90 Å². The Kier molecular flexibility index (Phi) is 4.85. The first-order chi connectivity index (χ1) is 9.57. The smallest absolute Gasteiger partial charge is 0.219 e. The monoisotopic (exact) mass is 273 g/mol. The van der Waals surface area contributed by atoms with Gasteiger partial charge in [-0.15, -0.1) is 0 Å². The summed E-state index contributed by atoms with van der Waals surface area (Å²) in [5.41, 5.74) is 1.65. The van der Waals surface area contributed by atoms with Gasteiger partial charge < -0.3 is 4.90 Å². The van der Waals surface area contributed by atoms with Crippen LogP contribution in [0.2, 0.25) is 0 Å². The highest BCUT2D eigenvalue weighted by molar-refractivity contribution is 5.73. The van der Waals surface area contributed by atoms with Crippen LogP contribution in [0.1, 0.15) is 45.6 Å². The molecule has 1 aliphatic heterocycles. The maximum absolute atomic E-state index is 11.8. The van der Waals surface area contributed by atoms with E-state index in [9.17, 15) is 4.79 Å². The third-order valence-electron chi connectivity index (χ3n) is 5.11. The summed E-state index contributed by atoms with van der Waals surface area (Å²) in [4.78, 5) is 13.8. The lowest BCUT2D eigenvalue weighted by atomic mass is 9.66. The van der Waals surface area contributed by atoms with Crippen LogP contribution in [-0.2, 0) is 11.2 Å². The molecule has 1 aromatic rings. The Morgan fingerprint density at radius 2 is 2.05 bits per heavy atom. The summed E-state index contributed by atoms with van der Waals surface area (Å²) >= 11 is 0. The maximum Gasteiger partial charge on any atom is 0.219 e. The SMILES string of the molecule is CCC(C)[C@]1(Cc2ccccc2)CCCN(C(C)=O)C1. The Bertz CT molecular complexity index is 442. The van der Waals surface area contributed by atoms with Crippen molar-refractivity contribution in [3.8, 4) is 0 Å². The van der Waals surface area contributed by atoms with Crippen molar-refractivity contribution in [3.63, 3.8) is 0 Å². The van der Waals surface area contributed by atoms with Gasteiger partial charge in [0.05, 0.1) is 0 Å². The maximum atomic E-state index is 11.8. The molecule has 0 saturated carbocycles. The first kappa shape index (κ1) is 15.1. The van der Waals surface area contributed by atoms with Crippen LogP contribution in [-0.4, -0.2) is 23.9 Å². The third kappa shape index (κ3) is 3.23. The molecule has 1 aliphatic rings. The number of piperidine rings is 1. The highest BCUT2D eigenvalue weighted by Crippen LogP contribution is 2.41. The molecule has 1 heterocycles. The molecule has 0 radical (unpaired) electrons. The summed E-state index contributed by atoms with van der Waals surface area (Å²) in [7, 11) is 0. The highest BCUT2D eigenvalue weighted by atomic mass is 16.2. The summed E-state index contributed by atoms with van der Waals surface area (Å²) in [6, 6.07) is 10.7. The number of likely N-dealkylation sites (tertiary alicyclic amines) is 1. The molecule has 1 aromatic carbocycles. The molecule has 0 N–H and O–H groups in total. The van der Waals surface area contributed by atoms with Crippen molar-refractivity contribution in [1.29, 1.82) is 0 Å². The second-order valence-electron chi connectivity index (χ2n) is 6.38. The number of nitrogens with zero attached hydrogens (tertiary/aromatic N) is 1. The van der Waals surface area contributed by atoms with Gasteiger partial charge in [0.25, 0.3) is 0 Å². The molecule has 1 fully saturated rings. The van der Waals surface area contributed by atoms with E-state index in [4.69, 9.17) is 0 Å². The molecule has 110 valence electrons. The molecular weight excluding hydrogens is 246 g/mol. The number of rotatable bonds is 4. The van der Waals surface area contributed by atoms with E-state index >= 15 is 0 Å². The number of hydrogen-bond donors (Lipinski definition) is 0. The molecule has 1 unspecified atom stereocenters. The van der Waals surface area contributed by atoms with Gasteiger partial charge in [0.15, 0.2) is 0 Å². The van der Waals surface area contributed by atoms with Crippen molar-refractivity contribution in [3.05, 3.63) is 35.9 Å². The Labute approximate surface area is 123 Å². The van der Waals surface area contributed by atoms with E-state index in [-0.39, 0.29) is 11.3 Å². The van der Waals surface area contributed by atoms with Gasteiger partial charge in [0.2, 0.25) is 5.91 Å². The van der Waals surface area contributed by atoms with E-state index < -0.39 is 0 Å². The molecule has 20 heavy (non-hydrogen) atoms. The van der Waals surface area contributed by atoms with Crippen LogP contribution in [0.4, 0.5) is 0 Å². The van der Waals surface area contributed by atoms with E-state index in [0.717, 1.165) is 25.9 Å². The average molecular weight is 273 g/mol. The number of hydrogen-bond acceptors (Lipinski definition) is 1. The van der Waals surface area contributed by atoms with E-state index in [2.05, 4.69) is 49.1 Å². The van der Waals surface area contributed by atoms with Crippen molar-refractivity contribution in [2.45, 2.75) is 46.5 Å². The van der Waals surface area contributed by atoms with E-state index in [0.29, 0.717) is 5.92 Å². The Morgan fingerprint density at radius 3 is 2.65 bits per heavy atom. The lowest BCUT2D eigenvalue weighted by molar-refractivity contribution is -0.133. The fourth-order valence-electron chi connectivity index (χ4n) is 3.59. The summed E-state index contributed by atoms with van der Waals surface area (Å²) in [5.74, 6) is 0.871. The molecule has 2 atom stereocenters. The molecule has 2 rings (SSSR count). The van der Waals surface area contributed by atoms with Crippen LogP contribution in [0, 0.1) is 11.3 Å². The molecule has 0 bridgehead atoms. The molecule has 0 aliphatic carbocycles. The number of carbonyl (C=O) groups excluding carboxylic acids is 1. The standard InChI is InChI=1S/C18H27NO/c1-4-15(2)18(13-17-9-6-5-7-10-17)11-8-12-19(14-18)16(3)20/h5-7,9-10,15H,4,8,11-14H2,1-3H3/t15?,18-/m0/s1. The normalized spacial score (nSPS) is 24.4. The minimum absolute atomic E-state index is 0.227. The first-order valence-electron chi connectivity index (χ1n) is 7.87. The van der Waals surface area contributed by atoms with Gasteiger partial charge in [-0.2, -0.15) is 0 Å². The lowest BCUT2D eigenvalue weighted by Gasteiger charge is -2.46. The summed E-state index contributed by atoms with van der Waals surface area (Å²) < 4.78 is 0. The fraction of sp³-hybridized carbons (Fsp3) is 0.611. The molecular formula is C18H27NO. The van der Waals surface area contributed by atoms with E-state index in [1.165, 1.54) is 18.4 Å². The van der Waals surface area contributed by atoms with Gasteiger partial charge in [-0.05, 0) is 36.2 Å². The van der Waals surface area contributed by atoms with Crippen LogP contribution in [0.5, 0.6) is 0 Å². The number of benzene rings is 1. The highest BCUT2D eigenvalue weighted by Gasteiger charge is 2.40. The van der Waals surface area contributed by atoms with Crippen molar-refractivity contribution in [2.75, 3.05) is 13.1 Å². The first-order valence-corrected chi connectivity index (χ1v) is 7.87. The molecule has 2 heteroatoms. The molecule has 1 saturated heterocycles. The summed E-state index contributed by atoms with van der Waals surface area (Å²) in [5, 5.41) is 0. The van der Waals surface area contributed by atoms with Crippen LogP contribution >= 0.6 is 0 Å². The Balaban J connectivity index is 2.23. The van der Waals surface area contributed by atoms with Gasteiger partial charge in [-0.1, -0.05) is 50.6 Å². The van der Waals surface area contributed by atoms with Gasteiger partial charge in [0.1, 0.15) is 0 Å². The van der Waals surface area contributed by atoms with Gasteiger partial charge in [-0.3, -0.25) is 4.79 Å². The molecule has 0 aromatic heterocycles. The summed E-state index contributed by atoms with van der Waals surface area (Å²) in [6.07, 6.45) is 4.64. The van der Waals surface area contributed by atoms with Crippen molar-refractivity contribution >= 4 is 5.91 Å². The van der Waals surface area contributed by atoms with Gasteiger partial charge >= 0.3 is 0 Å². The lowest BCUT2D eigenvalue weighted by Crippen LogP contribution is -2.49. The Morgan fingerprint density at radius 1 is 1.35 bits per heavy atom. The number of carbonyl (C=O) groups is 1. The van der Waals surface area contributed by atoms with E-state index in [1.807, 2.05) is 0 Å². The quantitative estimate of drug-likeness (QED) is 0.814. The van der Waals surface area contributed by atoms with Crippen LogP contribution in [0.3, 0.4) is 0 Å². The number of amides is 1. The molecule has 2 nitrogen and oxygen atoms in total.